The molecule has 3 heteroatoms. The van der Waals surface area contributed by atoms with Crippen molar-refractivity contribution in [1.29, 1.82) is 0 Å². The molecule has 3 rings (SSSR count). The highest BCUT2D eigenvalue weighted by Gasteiger charge is 2.27. The average molecular weight is 285 g/mol. The Morgan fingerprint density at radius 1 is 1.10 bits per heavy atom. The van der Waals surface area contributed by atoms with Crippen molar-refractivity contribution in [3.63, 3.8) is 0 Å². The van der Waals surface area contributed by atoms with E-state index in [0.717, 1.165) is 11.3 Å². The van der Waals surface area contributed by atoms with Gasteiger partial charge in [-0.1, -0.05) is 44.2 Å². The quantitative estimate of drug-likeness (QED) is 0.913. The fourth-order valence-corrected chi connectivity index (χ4v) is 3.58. The molecule has 1 aromatic carbocycles. The molecule has 1 fully saturated rings. The van der Waals surface area contributed by atoms with Gasteiger partial charge in [0, 0.05) is 24.1 Å². The predicted octanol–water partition coefficient (Wildman–Crippen LogP) is 3.98. The Bertz CT molecular complexity index is 532. The number of hydrogen-bond donors (Lipinski definition) is 1. The van der Waals surface area contributed by atoms with Crippen molar-refractivity contribution in [2.75, 3.05) is 5.32 Å². The van der Waals surface area contributed by atoms with Gasteiger partial charge in [0.2, 0.25) is 0 Å². The van der Waals surface area contributed by atoms with E-state index in [1.165, 1.54) is 32.1 Å². The predicted molar refractivity (Wildman–Crippen MR) is 83.6 cm³/mol. The molecular formula is C18H23NO2. The van der Waals surface area contributed by atoms with Gasteiger partial charge >= 0.3 is 0 Å². The number of rotatable bonds is 3. The smallest absolute Gasteiger partial charge is 0.165 e. The molecule has 0 saturated heterocycles. The van der Waals surface area contributed by atoms with Gasteiger partial charge in [-0.05, 0) is 24.5 Å². The summed E-state index contributed by atoms with van der Waals surface area (Å²) in [6, 6.07) is 7.34. The first-order valence-electron chi connectivity index (χ1n) is 8.15. The summed E-state index contributed by atoms with van der Waals surface area (Å²) in [5.74, 6) is 0.986. The van der Waals surface area contributed by atoms with Crippen molar-refractivity contribution < 1.29 is 9.59 Å². The number of para-hydroxylation sites is 1. The molecule has 0 radical (unpaired) electrons. The molecule has 1 heterocycles. The van der Waals surface area contributed by atoms with Crippen LogP contribution in [0.15, 0.2) is 24.3 Å². The molecule has 0 aromatic heterocycles. The summed E-state index contributed by atoms with van der Waals surface area (Å²) in [5.41, 5.74) is 1.55. The fraction of sp³-hybridized carbons (Fsp3) is 0.556. The molecule has 1 aliphatic heterocycles. The Balaban J connectivity index is 1.68. The second kappa shape index (κ2) is 6.42. The number of ketones is 2. The van der Waals surface area contributed by atoms with Crippen molar-refractivity contribution >= 4 is 17.3 Å². The molecular weight excluding hydrogens is 262 g/mol. The third kappa shape index (κ3) is 3.34. The monoisotopic (exact) mass is 285 g/mol. The van der Waals surface area contributed by atoms with Crippen molar-refractivity contribution in [2.45, 2.75) is 57.4 Å². The highest BCUT2D eigenvalue weighted by molar-refractivity contribution is 6.03. The highest BCUT2D eigenvalue weighted by Crippen LogP contribution is 2.29. The van der Waals surface area contributed by atoms with Crippen LogP contribution in [0.5, 0.6) is 0 Å². The maximum atomic E-state index is 12.6. The number of carbonyl (C=O) groups excluding carboxylic acids is 2. The lowest BCUT2D eigenvalue weighted by molar-refractivity contribution is -0.121. The van der Waals surface area contributed by atoms with Crippen LogP contribution < -0.4 is 5.32 Å². The van der Waals surface area contributed by atoms with Crippen LogP contribution in [-0.2, 0) is 4.79 Å². The number of anilines is 1. The van der Waals surface area contributed by atoms with Gasteiger partial charge in [0.1, 0.15) is 0 Å². The van der Waals surface area contributed by atoms with Gasteiger partial charge in [-0.15, -0.1) is 0 Å². The molecule has 112 valence electrons. The Labute approximate surface area is 126 Å². The maximum absolute atomic E-state index is 12.6. The van der Waals surface area contributed by atoms with Crippen molar-refractivity contribution in [3.8, 4) is 0 Å². The van der Waals surface area contributed by atoms with Gasteiger partial charge in [0.25, 0.3) is 0 Å². The SMILES string of the molecule is O=C1CCC(C(=O)CC2CCCCC2)Nc2ccccc21. The summed E-state index contributed by atoms with van der Waals surface area (Å²) in [4.78, 5) is 24.7. The lowest BCUT2D eigenvalue weighted by atomic mass is 9.84. The first-order valence-corrected chi connectivity index (χ1v) is 8.15. The topological polar surface area (TPSA) is 46.2 Å². The molecule has 1 saturated carbocycles. The number of carbonyl (C=O) groups is 2. The third-order valence-corrected chi connectivity index (χ3v) is 4.82. The first kappa shape index (κ1) is 14.3. The van der Waals surface area contributed by atoms with Gasteiger partial charge < -0.3 is 5.32 Å². The zero-order valence-corrected chi connectivity index (χ0v) is 12.4. The van der Waals surface area contributed by atoms with E-state index in [0.29, 0.717) is 25.2 Å². The number of nitrogens with one attached hydrogen (secondary N) is 1. The molecule has 0 bridgehead atoms. The Kier molecular flexibility index (Phi) is 4.37. The summed E-state index contributed by atoms with van der Waals surface area (Å²) in [6.07, 6.45) is 7.98. The van der Waals surface area contributed by atoms with E-state index in [2.05, 4.69) is 5.32 Å². The number of fused-ring (bicyclic) bond motifs is 1. The minimum absolute atomic E-state index is 0.145. The number of Topliss-reactive ketones (excluding diaryl/α,β-unsaturated/α-hetero) is 2. The van der Waals surface area contributed by atoms with Gasteiger partial charge in [-0.3, -0.25) is 9.59 Å². The summed E-state index contributed by atoms with van der Waals surface area (Å²) < 4.78 is 0. The summed E-state index contributed by atoms with van der Waals surface area (Å²) in [7, 11) is 0. The lowest BCUT2D eigenvalue weighted by Gasteiger charge is -2.23. The molecule has 1 atom stereocenters. The van der Waals surface area contributed by atoms with Gasteiger partial charge in [-0.25, -0.2) is 0 Å². The Morgan fingerprint density at radius 3 is 2.67 bits per heavy atom. The minimum Gasteiger partial charge on any atom is -0.375 e. The number of benzene rings is 1. The lowest BCUT2D eigenvalue weighted by Crippen LogP contribution is -2.30. The summed E-state index contributed by atoms with van der Waals surface area (Å²) in [5, 5.41) is 3.31. The van der Waals surface area contributed by atoms with Crippen LogP contribution in [0, 0.1) is 5.92 Å². The average Bonchev–Trinajstić information content (AvgIpc) is 2.68. The minimum atomic E-state index is -0.195. The number of hydrogen-bond acceptors (Lipinski definition) is 3. The normalized spacial score (nSPS) is 23.0. The van der Waals surface area contributed by atoms with Crippen LogP contribution >= 0.6 is 0 Å². The third-order valence-electron chi connectivity index (χ3n) is 4.82. The standard InChI is InChI=1S/C18H23NO2/c20-17-11-10-16(19-15-9-5-4-8-14(15)17)18(21)12-13-6-2-1-3-7-13/h4-5,8-9,13,16,19H,1-3,6-7,10-12H2. The van der Waals surface area contributed by atoms with E-state index >= 15 is 0 Å². The van der Waals surface area contributed by atoms with E-state index in [9.17, 15) is 9.59 Å². The molecule has 3 nitrogen and oxygen atoms in total. The zero-order valence-electron chi connectivity index (χ0n) is 12.4. The second-order valence-corrected chi connectivity index (χ2v) is 6.38. The van der Waals surface area contributed by atoms with Crippen LogP contribution in [0.3, 0.4) is 0 Å². The molecule has 0 spiro atoms. The van der Waals surface area contributed by atoms with Crippen molar-refractivity contribution in [3.05, 3.63) is 29.8 Å². The van der Waals surface area contributed by atoms with E-state index in [-0.39, 0.29) is 17.6 Å². The Morgan fingerprint density at radius 2 is 1.86 bits per heavy atom. The Hall–Kier alpha value is -1.64. The van der Waals surface area contributed by atoms with Crippen molar-refractivity contribution in [2.24, 2.45) is 5.92 Å². The molecule has 1 aromatic rings. The molecule has 1 aliphatic carbocycles. The second-order valence-electron chi connectivity index (χ2n) is 6.38. The van der Waals surface area contributed by atoms with E-state index < -0.39 is 0 Å². The van der Waals surface area contributed by atoms with Crippen LogP contribution in [0.2, 0.25) is 0 Å². The van der Waals surface area contributed by atoms with Crippen LogP contribution in [-0.4, -0.2) is 17.6 Å². The van der Waals surface area contributed by atoms with Crippen LogP contribution in [0.25, 0.3) is 0 Å². The molecule has 0 amide bonds. The first-order chi connectivity index (χ1) is 10.2. The van der Waals surface area contributed by atoms with Crippen molar-refractivity contribution in [1.82, 2.24) is 0 Å². The summed E-state index contributed by atoms with van der Waals surface area (Å²) >= 11 is 0. The molecule has 21 heavy (non-hydrogen) atoms. The molecule has 2 aliphatic rings. The van der Waals surface area contributed by atoms with Crippen LogP contribution in [0.4, 0.5) is 5.69 Å². The maximum Gasteiger partial charge on any atom is 0.165 e. The highest BCUT2D eigenvalue weighted by atomic mass is 16.1. The van der Waals surface area contributed by atoms with E-state index in [4.69, 9.17) is 0 Å². The largest absolute Gasteiger partial charge is 0.375 e. The fourth-order valence-electron chi connectivity index (χ4n) is 3.58. The van der Waals surface area contributed by atoms with Crippen LogP contribution in [0.1, 0.15) is 61.7 Å². The van der Waals surface area contributed by atoms with Gasteiger partial charge in [-0.2, -0.15) is 0 Å². The van der Waals surface area contributed by atoms with E-state index in [1.54, 1.807) is 0 Å². The van der Waals surface area contributed by atoms with E-state index in [1.807, 2.05) is 24.3 Å². The summed E-state index contributed by atoms with van der Waals surface area (Å²) in [6.45, 7) is 0. The molecule has 1 N–H and O–H groups in total. The van der Waals surface area contributed by atoms with Gasteiger partial charge in [0.15, 0.2) is 11.6 Å². The molecule has 1 unspecified atom stereocenters. The van der Waals surface area contributed by atoms with Gasteiger partial charge in [0.05, 0.1) is 6.04 Å². The zero-order chi connectivity index (χ0) is 14.7.